The molecular weight excluding hydrogens is 313 g/mol. The summed E-state index contributed by atoms with van der Waals surface area (Å²) in [5.41, 5.74) is 0.767. The summed E-state index contributed by atoms with van der Waals surface area (Å²) < 4.78 is 23.4. The van der Waals surface area contributed by atoms with Crippen LogP contribution in [0.3, 0.4) is 0 Å². The maximum atomic E-state index is 13.4. The maximum absolute atomic E-state index is 13.4. The van der Waals surface area contributed by atoms with Crippen LogP contribution in [-0.4, -0.2) is 32.1 Å². The lowest BCUT2D eigenvalue weighted by Crippen LogP contribution is -2.30. The van der Waals surface area contributed by atoms with Gasteiger partial charge in [-0.15, -0.1) is 0 Å². The lowest BCUT2D eigenvalue weighted by Gasteiger charge is -2.09. The van der Waals surface area contributed by atoms with E-state index in [4.69, 9.17) is 9.47 Å². The number of carbonyl (C=O) groups is 2. The highest BCUT2D eigenvalue weighted by molar-refractivity contribution is 5.93. The third kappa shape index (κ3) is 4.81. The predicted molar refractivity (Wildman–Crippen MR) is 86.4 cm³/mol. The number of halogens is 1. The summed E-state index contributed by atoms with van der Waals surface area (Å²) in [6, 6.07) is 12.9. The fraction of sp³-hybridized carbons (Fsp3) is 0.222. The van der Waals surface area contributed by atoms with Crippen molar-refractivity contribution in [1.29, 1.82) is 0 Å². The second-order valence-electron chi connectivity index (χ2n) is 4.97. The monoisotopic (exact) mass is 331 g/mol. The molecule has 5 nitrogen and oxygen atoms in total. The number of hydrogen-bond donors (Lipinski definition) is 1. The molecule has 0 saturated carbocycles. The van der Waals surface area contributed by atoms with Gasteiger partial charge in [0.15, 0.2) is 6.61 Å². The zero-order valence-corrected chi connectivity index (χ0v) is 13.3. The summed E-state index contributed by atoms with van der Waals surface area (Å²) in [5, 5.41) is 2.58. The third-order valence-electron chi connectivity index (χ3n) is 3.34. The molecule has 0 aliphatic heterocycles. The normalized spacial score (nSPS) is 10.1. The highest BCUT2D eigenvalue weighted by Crippen LogP contribution is 2.17. The van der Waals surface area contributed by atoms with Crippen LogP contribution >= 0.6 is 0 Å². The van der Waals surface area contributed by atoms with Crippen LogP contribution in [-0.2, 0) is 16.0 Å². The number of amides is 1. The summed E-state index contributed by atoms with van der Waals surface area (Å²) in [6.07, 6.45) is 0.360. The van der Waals surface area contributed by atoms with Gasteiger partial charge in [0.2, 0.25) is 0 Å². The smallest absolute Gasteiger partial charge is 0.342 e. The Bertz CT molecular complexity index is 718. The first-order valence-corrected chi connectivity index (χ1v) is 7.42. The standard InChI is InChI=1S/C18H18FNO4/c1-23-16-9-5-3-7-14(16)18(22)24-12-17(21)20-11-10-13-6-2-4-8-15(13)19/h2-9H,10-12H2,1H3,(H,20,21). The molecule has 1 N–H and O–H groups in total. The molecule has 2 aromatic rings. The Hall–Kier alpha value is -2.89. The summed E-state index contributed by atoms with van der Waals surface area (Å²) in [7, 11) is 1.45. The van der Waals surface area contributed by atoms with Gasteiger partial charge in [-0.3, -0.25) is 4.79 Å². The fourth-order valence-electron chi connectivity index (χ4n) is 2.11. The minimum absolute atomic E-state index is 0.249. The van der Waals surface area contributed by atoms with Crippen molar-refractivity contribution in [2.24, 2.45) is 0 Å². The molecule has 0 aliphatic rings. The van der Waals surface area contributed by atoms with Crippen LogP contribution < -0.4 is 10.1 Å². The SMILES string of the molecule is COc1ccccc1C(=O)OCC(=O)NCCc1ccccc1F. The van der Waals surface area contributed by atoms with Gasteiger partial charge in [0, 0.05) is 6.54 Å². The van der Waals surface area contributed by atoms with Gasteiger partial charge in [0.25, 0.3) is 5.91 Å². The zero-order valence-electron chi connectivity index (χ0n) is 13.3. The topological polar surface area (TPSA) is 64.6 Å². The number of carbonyl (C=O) groups excluding carboxylic acids is 2. The van der Waals surface area contributed by atoms with Gasteiger partial charge in [-0.1, -0.05) is 30.3 Å². The summed E-state index contributed by atoms with van der Waals surface area (Å²) in [5.74, 6) is -1.02. The van der Waals surface area contributed by atoms with Crippen molar-refractivity contribution in [3.63, 3.8) is 0 Å². The molecule has 0 bridgehead atoms. The van der Waals surface area contributed by atoms with E-state index < -0.39 is 18.5 Å². The van der Waals surface area contributed by atoms with E-state index in [-0.39, 0.29) is 17.9 Å². The quantitative estimate of drug-likeness (QED) is 0.791. The second kappa shape index (κ2) is 8.67. The molecule has 0 spiro atoms. The van der Waals surface area contributed by atoms with Crippen LogP contribution in [0.25, 0.3) is 0 Å². The highest BCUT2D eigenvalue weighted by Gasteiger charge is 2.14. The van der Waals surface area contributed by atoms with E-state index in [1.807, 2.05) is 0 Å². The Labute approximate surface area is 139 Å². The first kappa shape index (κ1) is 17.5. The number of hydrogen-bond acceptors (Lipinski definition) is 4. The number of nitrogens with one attached hydrogen (secondary N) is 1. The van der Waals surface area contributed by atoms with Crippen LogP contribution in [0, 0.1) is 5.82 Å². The van der Waals surface area contributed by atoms with Gasteiger partial charge in [-0.2, -0.15) is 0 Å². The van der Waals surface area contributed by atoms with Crippen LogP contribution in [0.2, 0.25) is 0 Å². The summed E-state index contributed by atoms with van der Waals surface area (Å²) in [4.78, 5) is 23.6. The Morgan fingerprint density at radius 1 is 1.08 bits per heavy atom. The molecule has 24 heavy (non-hydrogen) atoms. The van der Waals surface area contributed by atoms with Gasteiger partial charge in [0.1, 0.15) is 17.1 Å². The molecule has 1 amide bonds. The first-order valence-electron chi connectivity index (χ1n) is 7.42. The molecule has 0 fully saturated rings. The van der Waals surface area contributed by atoms with Crippen molar-refractivity contribution in [2.75, 3.05) is 20.3 Å². The minimum atomic E-state index is -0.642. The van der Waals surface area contributed by atoms with Gasteiger partial charge in [0.05, 0.1) is 7.11 Å². The lowest BCUT2D eigenvalue weighted by atomic mass is 10.1. The Morgan fingerprint density at radius 2 is 1.79 bits per heavy atom. The average molecular weight is 331 g/mol. The van der Waals surface area contributed by atoms with E-state index in [0.29, 0.717) is 17.7 Å². The molecule has 2 rings (SSSR count). The molecule has 126 valence electrons. The molecule has 0 unspecified atom stereocenters. The first-order chi connectivity index (χ1) is 11.6. The van der Waals surface area contributed by atoms with Crippen molar-refractivity contribution >= 4 is 11.9 Å². The Morgan fingerprint density at radius 3 is 2.54 bits per heavy atom. The van der Waals surface area contributed by atoms with Gasteiger partial charge in [-0.05, 0) is 30.2 Å². The highest BCUT2D eigenvalue weighted by atomic mass is 19.1. The third-order valence-corrected chi connectivity index (χ3v) is 3.34. The number of ether oxygens (including phenoxy) is 2. The Kier molecular flexibility index (Phi) is 6.31. The minimum Gasteiger partial charge on any atom is -0.496 e. The average Bonchev–Trinajstić information content (AvgIpc) is 2.61. The molecule has 0 heterocycles. The second-order valence-corrected chi connectivity index (χ2v) is 4.97. The molecule has 6 heteroatoms. The molecule has 0 saturated heterocycles. The lowest BCUT2D eigenvalue weighted by molar-refractivity contribution is -0.124. The number of para-hydroxylation sites is 1. The zero-order chi connectivity index (χ0) is 17.4. The van der Waals surface area contributed by atoms with Crippen molar-refractivity contribution in [1.82, 2.24) is 5.32 Å². The fourth-order valence-corrected chi connectivity index (χ4v) is 2.11. The summed E-state index contributed by atoms with van der Waals surface area (Å²) >= 11 is 0. The number of esters is 1. The molecule has 0 aromatic heterocycles. The van der Waals surface area contributed by atoms with Crippen LogP contribution in [0.4, 0.5) is 4.39 Å². The molecule has 0 atom stereocenters. The van der Waals surface area contributed by atoms with E-state index in [1.165, 1.54) is 13.2 Å². The molecular formula is C18H18FNO4. The molecule has 0 aliphatic carbocycles. The summed E-state index contributed by atoms with van der Waals surface area (Å²) in [6.45, 7) is -0.153. The Balaban J connectivity index is 1.77. The van der Waals surface area contributed by atoms with Crippen molar-refractivity contribution in [3.05, 3.63) is 65.5 Å². The number of rotatable bonds is 7. The van der Waals surface area contributed by atoms with Crippen LogP contribution in [0.5, 0.6) is 5.75 Å². The van der Waals surface area contributed by atoms with Gasteiger partial charge < -0.3 is 14.8 Å². The number of benzene rings is 2. The molecule has 2 aromatic carbocycles. The largest absolute Gasteiger partial charge is 0.496 e. The maximum Gasteiger partial charge on any atom is 0.342 e. The number of methoxy groups -OCH3 is 1. The van der Waals surface area contributed by atoms with E-state index in [2.05, 4.69) is 5.32 Å². The van der Waals surface area contributed by atoms with E-state index >= 15 is 0 Å². The predicted octanol–water partition coefficient (Wildman–Crippen LogP) is 2.35. The van der Waals surface area contributed by atoms with Crippen molar-refractivity contribution in [3.8, 4) is 5.75 Å². The van der Waals surface area contributed by atoms with Gasteiger partial charge >= 0.3 is 5.97 Å². The van der Waals surface area contributed by atoms with E-state index in [9.17, 15) is 14.0 Å². The van der Waals surface area contributed by atoms with Crippen LogP contribution in [0.1, 0.15) is 15.9 Å². The van der Waals surface area contributed by atoms with E-state index in [0.717, 1.165) is 0 Å². The molecule has 0 radical (unpaired) electrons. The van der Waals surface area contributed by atoms with Gasteiger partial charge in [-0.25, -0.2) is 9.18 Å². The van der Waals surface area contributed by atoms with Crippen molar-refractivity contribution in [2.45, 2.75) is 6.42 Å². The van der Waals surface area contributed by atoms with Crippen molar-refractivity contribution < 1.29 is 23.5 Å². The van der Waals surface area contributed by atoms with Crippen LogP contribution in [0.15, 0.2) is 48.5 Å². The van der Waals surface area contributed by atoms with E-state index in [1.54, 1.807) is 42.5 Å².